The summed E-state index contributed by atoms with van der Waals surface area (Å²) in [5.74, 6) is 2.30. The fourth-order valence-corrected chi connectivity index (χ4v) is 4.01. The Bertz CT molecular complexity index is 565. The molecule has 1 aromatic rings. The fourth-order valence-electron chi connectivity index (χ4n) is 2.71. The second-order valence-electron chi connectivity index (χ2n) is 6.35. The number of nitrogens with one attached hydrogen (secondary N) is 1. The van der Waals surface area contributed by atoms with E-state index in [4.69, 9.17) is 4.99 Å². The Morgan fingerprint density at radius 1 is 1.50 bits per heavy atom. The number of aliphatic imine (C=N–C) groups is 1. The minimum Gasteiger partial charge on any atom is -0.392 e. The molecule has 1 aliphatic heterocycles. The molecule has 1 atom stereocenters. The topological polar surface area (TPSA) is 47.9 Å². The molecule has 1 heterocycles. The number of nitrogens with zero attached hydrogens (tertiary/aromatic N) is 2. The maximum Gasteiger partial charge on any atom is 0.194 e. The molecule has 2 rings (SSSR count). The highest BCUT2D eigenvalue weighted by Crippen LogP contribution is 2.25. The Balaban J connectivity index is 2.10. The van der Waals surface area contributed by atoms with Gasteiger partial charge in [0.05, 0.1) is 13.2 Å². The summed E-state index contributed by atoms with van der Waals surface area (Å²) in [4.78, 5) is 7.04. The fraction of sp³-hybridized carbons (Fsp3) is 0.611. The van der Waals surface area contributed by atoms with Crippen LogP contribution in [-0.2, 0) is 13.2 Å². The van der Waals surface area contributed by atoms with Crippen molar-refractivity contribution in [2.24, 2.45) is 10.9 Å². The molecular formula is C18H28FN3OS. The Morgan fingerprint density at radius 3 is 2.96 bits per heavy atom. The van der Waals surface area contributed by atoms with Crippen LogP contribution in [0.2, 0.25) is 0 Å². The first-order valence-electron chi connectivity index (χ1n) is 8.58. The van der Waals surface area contributed by atoms with Crippen LogP contribution in [0.15, 0.2) is 23.2 Å². The van der Waals surface area contributed by atoms with Crippen LogP contribution in [0.4, 0.5) is 4.39 Å². The Hall–Kier alpha value is -1.27. The zero-order chi connectivity index (χ0) is 17.5. The van der Waals surface area contributed by atoms with Gasteiger partial charge in [0.25, 0.3) is 0 Å². The van der Waals surface area contributed by atoms with Crippen molar-refractivity contribution in [1.82, 2.24) is 10.2 Å². The Kier molecular flexibility index (Phi) is 7.37. The van der Waals surface area contributed by atoms with Crippen molar-refractivity contribution in [3.8, 4) is 0 Å². The van der Waals surface area contributed by atoms with Gasteiger partial charge in [-0.3, -0.25) is 0 Å². The van der Waals surface area contributed by atoms with Crippen molar-refractivity contribution in [3.63, 3.8) is 0 Å². The van der Waals surface area contributed by atoms with E-state index in [0.29, 0.717) is 23.3 Å². The first-order chi connectivity index (χ1) is 11.5. The van der Waals surface area contributed by atoms with Crippen LogP contribution in [0.25, 0.3) is 0 Å². The van der Waals surface area contributed by atoms with Crippen LogP contribution in [-0.4, -0.2) is 46.6 Å². The second kappa shape index (κ2) is 9.28. The van der Waals surface area contributed by atoms with Crippen molar-refractivity contribution in [2.75, 3.05) is 25.4 Å². The van der Waals surface area contributed by atoms with E-state index >= 15 is 0 Å². The second-order valence-corrected chi connectivity index (χ2v) is 7.70. The molecule has 0 spiro atoms. The monoisotopic (exact) mass is 353 g/mol. The highest BCUT2D eigenvalue weighted by molar-refractivity contribution is 8.00. The number of halogens is 1. The van der Waals surface area contributed by atoms with Gasteiger partial charge in [0.15, 0.2) is 5.96 Å². The minimum absolute atomic E-state index is 0.289. The number of aliphatic hydroxyl groups excluding tert-OH is 1. The van der Waals surface area contributed by atoms with E-state index in [-0.39, 0.29) is 12.4 Å². The van der Waals surface area contributed by atoms with E-state index in [1.165, 1.54) is 6.07 Å². The molecule has 0 radical (unpaired) electrons. The predicted molar refractivity (Wildman–Crippen MR) is 99.8 cm³/mol. The van der Waals surface area contributed by atoms with Crippen LogP contribution >= 0.6 is 11.8 Å². The van der Waals surface area contributed by atoms with Gasteiger partial charge >= 0.3 is 0 Å². The molecule has 4 nitrogen and oxygen atoms in total. The third kappa shape index (κ3) is 5.11. The van der Waals surface area contributed by atoms with Crippen LogP contribution in [0.5, 0.6) is 0 Å². The molecule has 0 aliphatic carbocycles. The molecule has 134 valence electrons. The molecule has 0 aromatic heterocycles. The van der Waals surface area contributed by atoms with E-state index in [1.807, 2.05) is 11.8 Å². The van der Waals surface area contributed by atoms with Crippen LogP contribution < -0.4 is 5.32 Å². The SMILES string of the molecule is CCNC(=NCc1ccc(F)c(CO)c1)N1CCSC(C(C)C)C1. The van der Waals surface area contributed by atoms with Gasteiger partial charge in [-0.15, -0.1) is 0 Å². The first kappa shape index (κ1) is 19.1. The lowest BCUT2D eigenvalue weighted by Gasteiger charge is -2.36. The predicted octanol–water partition coefficient (Wildman–Crippen LogP) is 2.86. The average Bonchev–Trinajstić information content (AvgIpc) is 2.59. The van der Waals surface area contributed by atoms with Crippen LogP contribution in [0, 0.1) is 11.7 Å². The van der Waals surface area contributed by atoms with Crippen molar-refractivity contribution in [1.29, 1.82) is 0 Å². The molecule has 24 heavy (non-hydrogen) atoms. The molecule has 0 bridgehead atoms. The van der Waals surface area contributed by atoms with Gasteiger partial charge in [-0.05, 0) is 30.5 Å². The summed E-state index contributed by atoms with van der Waals surface area (Å²) >= 11 is 2.04. The van der Waals surface area contributed by atoms with Gasteiger partial charge < -0.3 is 15.3 Å². The van der Waals surface area contributed by atoms with E-state index in [0.717, 1.165) is 36.9 Å². The summed E-state index contributed by atoms with van der Waals surface area (Å²) in [6.07, 6.45) is 0. The molecular weight excluding hydrogens is 325 g/mol. The Labute approximate surface area is 148 Å². The molecule has 1 aliphatic rings. The minimum atomic E-state index is -0.370. The van der Waals surface area contributed by atoms with Crippen molar-refractivity contribution in [3.05, 3.63) is 35.1 Å². The molecule has 0 saturated carbocycles. The van der Waals surface area contributed by atoms with E-state index < -0.39 is 0 Å². The zero-order valence-electron chi connectivity index (χ0n) is 14.8. The van der Waals surface area contributed by atoms with Crippen LogP contribution in [0.3, 0.4) is 0 Å². The smallest absolute Gasteiger partial charge is 0.194 e. The molecule has 6 heteroatoms. The highest BCUT2D eigenvalue weighted by atomic mass is 32.2. The molecule has 2 N–H and O–H groups in total. The molecule has 1 saturated heterocycles. The lowest BCUT2D eigenvalue weighted by molar-refractivity contribution is 0.275. The summed E-state index contributed by atoms with van der Waals surface area (Å²) in [5, 5.41) is 13.2. The van der Waals surface area contributed by atoms with Crippen molar-refractivity contribution in [2.45, 2.75) is 39.2 Å². The van der Waals surface area contributed by atoms with E-state index in [2.05, 4.69) is 31.0 Å². The summed E-state index contributed by atoms with van der Waals surface area (Å²) in [6, 6.07) is 4.81. The number of thioether (sulfide) groups is 1. The maximum absolute atomic E-state index is 13.5. The molecule has 1 fully saturated rings. The van der Waals surface area contributed by atoms with E-state index in [1.54, 1.807) is 12.1 Å². The van der Waals surface area contributed by atoms with Crippen molar-refractivity contribution >= 4 is 17.7 Å². The summed E-state index contributed by atoms with van der Waals surface area (Å²) in [5.41, 5.74) is 1.23. The quantitative estimate of drug-likeness (QED) is 0.631. The summed E-state index contributed by atoms with van der Waals surface area (Å²) in [7, 11) is 0. The molecule has 1 unspecified atom stereocenters. The highest BCUT2D eigenvalue weighted by Gasteiger charge is 2.24. The van der Waals surface area contributed by atoms with Gasteiger partial charge in [-0.2, -0.15) is 11.8 Å². The van der Waals surface area contributed by atoms with Crippen LogP contribution in [0.1, 0.15) is 31.9 Å². The number of benzene rings is 1. The lowest BCUT2D eigenvalue weighted by Crippen LogP contribution is -2.49. The zero-order valence-corrected chi connectivity index (χ0v) is 15.6. The normalized spacial score (nSPS) is 19.0. The third-order valence-corrected chi connectivity index (χ3v) is 5.70. The number of hydrogen-bond acceptors (Lipinski definition) is 3. The standard InChI is InChI=1S/C18H28FN3OS/c1-4-20-18(22-7-8-24-17(11-22)13(2)3)21-10-14-5-6-16(19)15(9-14)12-23/h5-6,9,13,17,23H,4,7-8,10-12H2,1-3H3,(H,20,21). The largest absolute Gasteiger partial charge is 0.392 e. The van der Waals surface area contributed by atoms with Gasteiger partial charge in [0.1, 0.15) is 5.82 Å². The first-order valence-corrected chi connectivity index (χ1v) is 9.63. The van der Waals surface area contributed by atoms with Gasteiger partial charge in [0, 0.05) is 36.2 Å². The Morgan fingerprint density at radius 2 is 2.29 bits per heavy atom. The number of rotatable bonds is 5. The summed E-state index contributed by atoms with van der Waals surface area (Å²) < 4.78 is 13.5. The maximum atomic E-state index is 13.5. The number of guanidine groups is 1. The summed E-state index contributed by atoms with van der Waals surface area (Å²) in [6.45, 7) is 9.59. The number of hydrogen-bond donors (Lipinski definition) is 2. The van der Waals surface area contributed by atoms with Crippen molar-refractivity contribution < 1.29 is 9.50 Å². The average molecular weight is 354 g/mol. The third-order valence-electron chi connectivity index (χ3n) is 4.16. The molecule has 1 aromatic carbocycles. The van der Waals surface area contributed by atoms with E-state index in [9.17, 15) is 9.50 Å². The van der Waals surface area contributed by atoms with Gasteiger partial charge in [-0.25, -0.2) is 9.38 Å². The molecule has 0 amide bonds. The lowest BCUT2D eigenvalue weighted by atomic mass is 10.1. The van der Waals surface area contributed by atoms with Gasteiger partial charge in [0.2, 0.25) is 0 Å². The van der Waals surface area contributed by atoms with Gasteiger partial charge in [-0.1, -0.05) is 19.9 Å². The number of aliphatic hydroxyl groups is 1.